The fourth-order valence-corrected chi connectivity index (χ4v) is 2.40. The van der Waals surface area contributed by atoms with Crippen LogP contribution in [0.4, 0.5) is 5.69 Å². The van der Waals surface area contributed by atoms with Gasteiger partial charge < -0.3 is 9.84 Å². The summed E-state index contributed by atoms with van der Waals surface area (Å²) >= 11 is 6.75. The quantitative estimate of drug-likeness (QED) is 0.673. The Hall–Kier alpha value is -2.12. The fourth-order valence-electron chi connectivity index (χ4n) is 1.47. The second-order valence-electron chi connectivity index (χ2n) is 3.73. The molecule has 0 aliphatic rings. The van der Waals surface area contributed by atoms with E-state index in [1.807, 2.05) is 0 Å². The number of halogens is 1. The zero-order valence-corrected chi connectivity index (χ0v) is 11.5. The highest BCUT2D eigenvalue weighted by molar-refractivity contribution is 7.13. The van der Waals surface area contributed by atoms with Crippen LogP contribution in [0.1, 0.15) is 14.5 Å². The highest BCUT2D eigenvalue weighted by Gasteiger charge is 2.16. The lowest BCUT2D eigenvalue weighted by atomic mass is 10.3. The van der Waals surface area contributed by atoms with E-state index in [2.05, 4.69) is 0 Å². The third-order valence-electron chi connectivity index (χ3n) is 2.36. The number of thiophene rings is 1. The molecule has 0 aliphatic carbocycles. The predicted molar refractivity (Wildman–Crippen MR) is 73.7 cm³/mol. The summed E-state index contributed by atoms with van der Waals surface area (Å²) < 4.78 is 5.35. The van der Waals surface area contributed by atoms with Crippen molar-refractivity contribution in [2.75, 3.05) is 0 Å². The summed E-state index contributed by atoms with van der Waals surface area (Å²) in [6.45, 7) is 0.0560. The largest absolute Gasteiger partial charge is 0.481 e. The van der Waals surface area contributed by atoms with Gasteiger partial charge in [0, 0.05) is 16.0 Å². The second kappa shape index (κ2) is 5.89. The molecule has 20 heavy (non-hydrogen) atoms. The molecule has 0 amide bonds. The summed E-state index contributed by atoms with van der Waals surface area (Å²) in [5.74, 6) is -0.927. The number of nitro groups is 1. The summed E-state index contributed by atoms with van der Waals surface area (Å²) in [7, 11) is 0. The molecule has 2 rings (SSSR count). The first-order chi connectivity index (χ1) is 9.47. The Morgan fingerprint density at radius 1 is 1.40 bits per heavy atom. The van der Waals surface area contributed by atoms with Gasteiger partial charge in [0.05, 0.1) is 4.92 Å². The van der Waals surface area contributed by atoms with Gasteiger partial charge in [-0.3, -0.25) is 10.1 Å². The number of carboxylic acid groups (broad SMARTS) is 1. The van der Waals surface area contributed by atoms with E-state index in [0.29, 0.717) is 4.88 Å². The Kier molecular flexibility index (Phi) is 4.21. The van der Waals surface area contributed by atoms with Crippen molar-refractivity contribution < 1.29 is 19.6 Å². The molecule has 0 fully saturated rings. The van der Waals surface area contributed by atoms with Gasteiger partial charge in [-0.25, -0.2) is 4.79 Å². The number of ether oxygens (including phenoxy) is 1. The number of nitro benzene ring substituents is 1. The van der Waals surface area contributed by atoms with Crippen LogP contribution in [-0.2, 0) is 6.61 Å². The van der Waals surface area contributed by atoms with E-state index in [-0.39, 0.29) is 27.9 Å². The van der Waals surface area contributed by atoms with Crippen molar-refractivity contribution in [2.24, 2.45) is 0 Å². The number of carboxylic acids is 1. The molecule has 0 spiro atoms. The third kappa shape index (κ3) is 3.25. The van der Waals surface area contributed by atoms with E-state index in [4.69, 9.17) is 21.4 Å². The summed E-state index contributed by atoms with van der Waals surface area (Å²) in [5.41, 5.74) is -0.229. The monoisotopic (exact) mass is 313 g/mol. The Labute approximate surface area is 122 Å². The number of benzene rings is 1. The van der Waals surface area contributed by atoms with Crippen LogP contribution in [-0.4, -0.2) is 16.0 Å². The van der Waals surface area contributed by atoms with Crippen molar-refractivity contribution >= 4 is 34.6 Å². The van der Waals surface area contributed by atoms with Gasteiger partial charge in [0.25, 0.3) is 0 Å². The van der Waals surface area contributed by atoms with Gasteiger partial charge in [0.2, 0.25) is 0 Å². The smallest absolute Gasteiger partial charge is 0.345 e. The molecule has 104 valence electrons. The minimum Gasteiger partial charge on any atom is -0.481 e. The minimum absolute atomic E-state index is 0.0560. The lowest BCUT2D eigenvalue weighted by Gasteiger charge is -2.05. The molecule has 1 aromatic carbocycles. The Morgan fingerprint density at radius 2 is 2.15 bits per heavy atom. The molecule has 1 N–H and O–H groups in total. The second-order valence-corrected chi connectivity index (χ2v) is 5.33. The lowest BCUT2D eigenvalue weighted by Crippen LogP contribution is -1.97. The van der Waals surface area contributed by atoms with Crippen molar-refractivity contribution in [3.63, 3.8) is 0 Å². The van der Waals surface area contributed by atoms with Crippen LogP contribution in [0.15, 0.2) is 30.3 Å². The molecule has 0 atom stereocenters. The molecule has 2 aromatic rings. The first-order valence-corrected chi connectivity index (χ1v) is 6.55. The SMILES string of the molecule is O=C(O)c1ccc(COc2ccc(Cl)cc2[N+](=O)[O-])s1. The summed E-state index contributed by atoms with van der Waals surface area (Å²) in [5, 5.41) is 19.9. The maximum absolute atomic E-state index is 10.9. The van der Waals surface area contributed by atoms with Gasteiger partial charge in [-0.2, -0.15) is 0 Å². The fraction of sp³-hybridized carbons (Fsp3) is 0.0833. The standard InChI is InChI=1S/C12H8ClNO5S/c13-7-1-3-10(9(5-7)14(17)18)19-6-8-2-4-11(20-8)12(15)16/h1-5H,6H2,(H,15,16). The van der Waals surface area contributed by atoms with Gasteiger partial charge in [0.1, 0.15) is 11.5 Å². The average Bonchev–Trinajstić information content (AvgIpc) is 2.86. The average molecular weight is 314 g/mol. The minimum atomic E-state index is -1.02. The zero-order chi connectivity index (χ0) is 14.7. The van der Waals surface area contributed by atoms with E-state index in [0.717, 1.165) is 11.3 Å². The molecule has 0 aliphatic heterocycles. The van der Waals surface area contributed by atoms with E-state index in [9.17, 15) is 14.9 Å². The lowest BCUT2D eigenvalue weighted by molar-refractivity contribution is -0.385. The molecule has 0 radical (unpaired) electrons. The summed E-state index contributed by atoms with van der Waals surface area (Å²) in [4.78, 5) is 21.9. The van der Waals surface area contributed by atoms with Crippen molar-refractivity contribution in [3.05, 3.63) is 55.2 Å². The van der Waals surface area contributed by atoms with Crippen LogP contribution in [0.5, 0.6) is 5.75 Å². The van der Waals surface area contributed by atoms with Crippen LogP contribution in [0.25, 0.3) is 0 Å². The van der Waals surface area contributed by atoms with E-state index >= 15 is 0 Å². The number of carbonyl (C=O) groups is 1. The molecular formula is C12H8ClNO5S. The summed E-state index contributed by atoms with van der Waals surface area (Å²) in [6, 6.07) is 7.17. The van der Waals surface area contributed by atoms with Crippen molar-refractivity contribution in [3.8, 4) is 5.75 Å². The van der Waals surface area contributed by atoms with E-state index in [1.54, 1.807) is 6.07 Å². The molecule has 0 unspecified atom stereocenters. The van der Waals surface area contributed by atoms with E-state index in [1.165, 1.54) is 24.3 Å². The van der Waals surface area contributed by atoms with Crippen LogP contribution < -0.4 is 4.74 Å². The Balaban J connectivity index is 2.14. The molecule has 6 nitrogen and oxygen atoms in total. The number of nitrogens with zero attached hydrogens (tertiary/aromatic N) is 1. The van der Waals surface area contributed by atoms with Gasteiger partial charge >= 0.3 is 11.7 Å². The van der Waals surface area contributed by atoms with Crippen molar-refractivity contribution in [1.29, 1.82) is 0 Å². The Morgan fingerprint density at radius 3 is 2.75 bits per heavy atom. The molecule has 1 aromatic heterocycles. The van der Waals surface area contributed by atoms with Crippen LogP contribution in [0.2, 0.25) is 5.02 Å². The van der Waals surface area contributed by atoms with Gasteiger partial charge in [-0.05, 0) is 24.3 Å². The van der Waals surface area contributed by atoms with Crippen LogP contribution in [0, 0.1) is 10.1 Å². The van der Waals surface area contributed by atoms with Gasteiger partial charge in [0.15, 0.2) is 5.75 Å². The number of rotatable bonds is 5. The topological polar surface area (TPSA) is 89.7 Å². The molecule has 0 saturated heterocycles. The molecule has 0 saturated carbocycles. The Bertz CT molecular complexity index is 670. The molecular weight excluding hydrogens is 306 g/mol. The van der Waals surface area contributed by atoms with Crippen molar-refractivity contribution in [2.45, 2.75) is 6.61 Å². The number of aromatic carboxylic acids is 1. The molecule has 8 heteroatoms. The predicted octanol–water partition coefficient (Wildman–Crippen LogP) is 3.59. The number of hydrogen-bond acceptors (Lipinski definition) is 5. The van der Waals surface area contributed by atoms with Crippen LogP contribution >= 0.6 is 22.9 Å². The maximum Gasteiger partial charge on any atom is 0.345 e. The zero-order valence-electron chi connectivity index (χ0n) is 9.91. The highest BCUT2D eigenvalue weighted by atomic mass is 35.5. The molecule has 0 bridgehead atoms. The normalized spacial score (nSPS) is 10.2. The van der Waals surface area contributed by atoms with E-state index < -0.39 is 10.9 Å². The van der Waals surface area contributed by atoms with Gasteiger partial charge in [-0.15, -0.1) is 11.3 Å². The first kappa shape index (κ1) is 14.3. The van der Waals surface area contributed by atoms with Crippen LogP contribution in [0.3, 0.4) is 0 Å². The number of hydrogen-bond donors (Lipinski definition) is 1. The summed E-state index contributed by atoms with van der Waals surface area (Å²) in [6.07, 6.45) is 0. The molecule has 1 heterocycles. The third-order valence-corrected chi connectivity index (χ3v) is 3.64. The highest BCUT2D eigenvalue weighted by Crippen LogP contribution is 2.31. The van der Waals surface area contributed by atoms with Crippen molar-refractivity contribution in [1.82, 2.24) is 0 Å². The first-order valence-electron chi connectivity index (χ1n) is 5.36. The van der Waals surface area contributed by atoms with Gasteiger partial charge in [-0.1, -0.05) is 11.6 Å². The maximum atomic E-state index is 10.9.